The molecule has 1 fully saturated rings. The third-order valence-corrected chi connectivity index (χ3v) is 4.82. The van der Waals surface area contributed by atoms with E-state index in [1.807, 2.05) is 0 Å². The van der Waals surface area contributed by atoms with Gasteiger partial charge in [0, 0.05) is 0 Å². The molecule has 0 aromatic carbocycles. The Hall–Kier alpha value is -0.790. The molecule has 0 aromatic heterocycles. The van der Waals surface area contributed by atoms with Gasteiger partial charge in [0.2, 0.25) is 0 Å². The summed E-state index contributed by atoms with van der Waals surface area (Å²) < 4.78 is 5.45. The Morgan fingerprint density at radius 3 is 2.30 bits per heavy atom. The number of hydrogen-bond donors (Lipinski definition) is 0. The average Bonchev–Trinajstić information content (AvgIpc) is 3.08. The largest absolute Gasteiger partial charge is 0.465 e. The van der Waals surface area contributed by atoms with E-state index in [0.29, 0.717) is 18.4 Å². The summed E-state index contributed by atoms with van der Waals surface area (Å²) in [6.07, 6.45) is 17.0. The van der Waals surface area contributed by atoms with Gasteiger partial charge in [0.15, 0.2) is 0 Å². The minimum absolute atomic E-state index is 0.0600. The molecule has 0 aliphatic heterocycles. The van der Waals surface area contributed by atoms with E-state index >= 15 is 0 Å². The molecule has 3 unspecified atom stereocenters. The number of rotatable bonds is 10. The highest BCUT2D eigenvalue weighted by Gasteiger charge is 2.40. The van der Waals surface area contributed by atoms with Crippen molar-refractivity contribution in [3.63, 3.8) is 0 Å². The van der Waals surface area contributed by atoms with Gasteiger partial charge in [0.25, 0.3) is 0 Å². The summed E-state index contributed by atoms with van der Waals surface area (Å²) in [4.78, 5) is 12.0. The number of esters is 1. The number of carbonyl (C=O) groups is 1. The molecular weight excluding hydrogens is 248 g/mol. The molecule has 0 saturated heterocycles. The van der Waals surface area contributed by atoms with Gasteiger partial charge in [0.05, 0.1) is 12.5 Å². The lowest BCUT2D eigenvalue weighted by atomic mass is 9.94. The van der Waals surface area contributed by atoms with Gasteiger partial charge in [-0.2, -0.15) is 0 Å². The Balaban J connectivity index is 1.43. The predicted octanol–water partition coefficient (Wildman–Crippen LogP) is 4.88. The van der Waals surface area contributed by atoms with E-state index in [-0.39, 0.29) is 11.9 Å². The molecule has 2 heteroatoms. The molecule has 2 nitrogen and oxygen atoms in total. The summed E-state index contributed by atoms with van der Waals surface area (Å²) in [6.45, 7) is 2.88. The van der Waals surface area contributed by atoms with E-state index < -0.39 is 0 Å². The first kappa shape index (κ1) is 15.6. The van der Waals surface area contributed by atoms with Gasteiger partial charge in [-0.05, 0) is 31.1 Å². The molecule has 0 amide bonds. The molecule has 0 radical (unpaired) electrons. The van der Waals surface area contributed by atoms with Crippen LogP contribution in [0.5, 0.6) is 0 Å². The monoisotopic (exact) mass is 278 g/mol. The van der Waals surface area contributed by atoms with Crippen molar-refractivity contribution >= 4 is 5.97 Å². The van der Waals surface area contributed by atoms with Crippen molar-refractivity contribution in [1.29, 1.82) is 0 Å². The van der Waals surface area contributed by atoms with Gasteiger partial charge in [-0.25, -0.2) is 0 Å². The van der Waals surface area contributed by atoms with Crippen LogP contribution in [-0.2, 0) is 9.53 Å². The van der Waals surface area contributed by atoms with Gasteiger partial charge in [-0.1, -0.05) is 64.0 Å². The number of fused-ring (bicyclic) bond motifs is 2. The molecule has 20 heavy (non-hydrogen) atoms. The van der Waals surface area contributed by atoms with Crippen LogP contribution < -0.4 is 0 Å². The summed E-state index contributed by atoms with van der Waals surface area (Å²) in [6, 6.07) is 0. The lowest BCUT2D eigenvalue weighted by Crippen LogP contribution is -2.21. The van der Waals surface area contributed by atoms with Crippen molar-refractivity contribution < 1.29 is 9.53 Å². The highest BCUT2D eigenvalue weighted by Crippen LogP contribution is 2.43. The maximum Gasteiger partial charge on any atom is 0.309 e. The van der Waals surface area contributed by atoms with Crippen LogP contribution in [0.15, 0.2) is 12.2 Å². The molecule has 3 atom stereocenters. The van der Waals surface area contributed by atoms with Gasteiger partial charge < -0.3 is 4.74 Å². The van der Waals surface area contributed by atoms with Crippen LogP contribution in [0.3, 0.4) is 0 Å². The van der Waals surface area contributed by atoms with Crippen molar-refractivity contribution in [1.82, 2.24) is 0 Å². The lowest BCUT2D eigenvalue weighted by molar-refractivity contribution is -0.149. The predicted molar refractivity (Wildman–Crippen MR) is 82.4 cm³/mol. The average molecular weight is 278 g/mol. The van der Waals surface area contributed by atoms with Crippen LogP contribution in [0.1, 0.15) is 71.1 Å². The van der Waals surface area contributed by atoms with Crippen LogP contribution >= 0.6 is 0 Å². The van der Waals surface area contributed by atoms with Gasteiger partial charge in [-0.15, -0.1) is 0 Å². The van der Waals surface area contributed by atoms with Crippen molar-refractivity contribution in [2.75, 3.05) is 6.61 Å². The first-order valence-electron chi connectivity index (χ1n) is 8.66. The maximum atomic E-state index is 12.0. The Labute approximate surface area is 124 Å². The number of hydrogen-bond acceptors (Lipinski definition) is 2. The van der Waals surface area contributed by atoms with E-state index in [4.69, 9.17) is 4.74 Å². The number of allylic oxidation sites excluding steroid dienone is 2. The van der Waals surface area contributed by atoms with Crippen LogP contribution in [0.25, 0.3) is 0 Å². The molecule has 2 aliphatic rings. The first-order valence-corrected chi connectivity index (χ1v) is 8.66. The first-order chi connectivity index (χ1) is 9.81. The van der Waals surface area contributed by atoms with Crippen LogP contribution in [0.2, 0.25) is 0 Å². The fraction of sp³-hybridized carbons (Fsp3) is 0.833. The SMILES string of the molecule is CCCCCCCCCCOC(=O)C1CC2C=CC1C2. The number of carbonyl (C=O) groups excluding carboxylic acids is 1. The molecule has 2 aliphatic carbocycles. The van der Waals surface area contributed by atoms with Gasteiger partial charge >= 0.3 is 5.97 Å². The molecule has 0 aromatic rings. The third-order valence-electron chi connectivity index (χ3n) is 4.82. The molecule has 1 saturated carbocycles. The number of unbranched alkanes of at least 4 members (excludes halogenated alkanes) is 7. The molecule has 0 N–H and O–H groups in total. The fourth-order valence-corrected chi connectivity index (χ4v) is 3.57. The van der Waals surface area contributed by atoms with Crippen molar-refractivity contribution in [3.8, 4) is 0 Å². The van der Waals surface area contributed by atoms with Crippen molar-refractivity contribution in [2.45, 2.75) is 71.1 Å². The normalized spacial score (nSPS) is 27.1. The van der Waals surface area contributed by atoms with E-state index in [0.717, 1.165) is 12.8 Å². The Bertz CT molecular complexity index is 321. The highest BCUT2D eigenvalue weighted by molar-refractivity contribution is 5.74. The minimum Gasteiger partial charge on any atom is -0.465 e. The van der Waals surface area contributed by atoms with Crippen LogP contribution in [0.4, 0.5) is 0 Å². The zero-order valence-electron chi connectivity index (χ0n) is 13.0. The summed E-state index contributed by atoms with van der Waals surface area (Å²) in [5, 5.41) is 0. The summed E-state index contributed by atoms with van der Waals surface area (Å²) in [5.41, 5.74) is 0. The summed E-state index contributed by atoms with van der Waals surface area (Å²) >= 11 is 0. The zero-order chi connectivity index (χ0) is 14.2. The second-order valence-corrected chi connectivity index (χ2v) is 6.53. The molecule has 0 spiro atoms. The summed E-state index contributed by atoms with van der Waals surface area (Å²) in [5.74, 6) is 1.36. The topological polar surface area (TPSA) is 26.3 Å². The molecule has 114 valence electrons. The second kappa shape index (κ2) is 8.49. The van der Waals surface area contributed by atoms with E-state index in [1.54, 1.807) is 0 Å². The van der Waals surface area contributed by atoms with Gasteiger partial charge in [0.1, 0.15) is 0 Å². The second-order valence-electron chi connectivity index (χ2n) is 6.53. The lowest BCUT2D eigenvalue weighted by Gasteiger charge is -2.16. The van der Waals surface area contributed by atoms with Crippen molar-refractivity contribution in [2.24, 2.45) is 17.8 Å². The third kappa shape index (κ3) is 4.64. The molecule has 2 rings (SSSR count). The summed E-state index contributed by atoms with van der Waals surface area (Å²) in [7, 11) is 0. The standard InChI is InChI=1S/C18H30O2/c1-2-3-4-5-6-7-8-9-12-20-18(19)17-14-15-10-11-16(17)13-15/h10-11,15-17H,2-9,12-14H2,1H3. The maximum absolute atomic E-state index is 12.0. The Morgan fingerprint density at radius 2 is 1.70 bits per heavy atom. The van der Waals surface area contributed by atoms with Crippen LogP contribution in [0, 0.1) is 17.8 Å². The Morgan fingerprint density at radius 1 is 1.00 bits per heavy atom. The fourth-order valence-electron chi connectivity index (χ4n) is 3.57. The smallest absolute Gasteiger partial charge is 0.309 e. The highest BCUT2D eigenvalue weighted by atomic mass is 16.5. The van der Waals surface area contributed by atoms with Gasteiger partial charge in [-0.3, -0.25) is 4.79 Å². The molecular formula is C18H30O2. The zero-order valence-corrected chi connectivity index (χ0v) is 13.0. The van der Waals surface area contributed by atoms with E-state index in [1.165, 1.54) is 51.4 Å². The number of ether oxygens (including phenoxy) is 1. The molecule has 0 heterocycles. The van der Waals surface area contributed by atoms with Crippen LogP contribution in [-0.4, -0.2) is 12.6 Å². The van der Waals surface area contributed by atoms with E-state index in [2.05, 4.69) is 19.1 Å². The van der Waals surface area contributed by atoms with Crippen molar-refractivity contribution in [3.05, 3.63) is 12.2 Å². The van der Waals surface area contributed by atoms with E-state index in [9.17, 15) is 4.79 Å². The minimum atomic E-state index is 0.0600. The quantitative estimate of drug-likeness (QED) is 0.323. The molecule has 2 bridgehead atoms. The Kier molecular flexibility index (Phi) is 6.62.